The van der Waals surface area contributed by atoms with Crippen LogP contribution in [-0.4, -0.2) is 0 Å². The molecule has 0 unspecified atom stereocenters. The van der Waals surface area contributed by atoms with Gasteiger partial charge in [-0.25, -0.2) is 0 Å². The molecule has 0 N–H and O–H groups in total. The highest BCUT2D eigenvalue weighted by atomic mass is 16.3. The number of hydrogen-bond acceptors (Lipinski definition) is 4. The van der Waals surface area contributed by atoms with E-state index in [0.717, 1.165) is 87.9 Å². The zero-order chi connectivity index (χ0) is 32.5. The Morgan fingerprint density at radius 2 is 0.860 bits per heavy atom. The molecule has 0 aliphatic rings. The molecule has 0 atom stereocenters. The minimum atomic E-state index is 0.827. The van der Waals surface area contributed by atoms with Crippen molar-refractivity contribution in [3.05, 3.63) is 146 Å². The SMILES string of the molecule is c1ccc2c(c1)oc1ccc3c4cc(-c5c6ccccc6c(-c6ccc7c(c6)oc6ccc8ccoc8c67)c6ccccc56)ccc4oc3c12. The molecule has 4 nitrogen and oxygen atoms in total. The maximum atomic E-state index is 6.58. The predicted molar refractivity (Wildman–Crippen MR) is 204 cm³/mol. The van der Waals surface area contributed by atoms with Crippen LogP contribution >= 0.6 is 0 Å². The first-order valence-electron chi connectivity index (χ1n) is 16.8. The number of para-hydroxylation sites is 1. The second-order valence-electron chi connectivity index (χ2n) is 13.2. The molecular weight excluding hydrogens is 617 g/mol. The average Bonchev–Trinajstić information content (AvgIpc) is 3.95. The van der Waals surface area contributed by atoms with E-state index in [9.17, 15) is 0 Å². The van der Waals surface area contributed by atoms with Gasteiger partial charge in [-0.3, -0.25) is 0 Å². The van der Waals surface area contributed by atoms with E-state index in [1.54, 1.807) is 6.26 Å². The second kappa shape index (κ2) is 9.43. The topological polar surface area (TPSA) is 52.6 Å². The van der Waals surface area contributed by atoms with Crippen LogP contribution in [0.4, 0.5) is 0 Å². The first-order chi connectivity index (χ1) is 24.8. The van der Waals surface area contributed by atoms with Crippen molar-refractivity contribution in [2.24, 2.45) is 0 Å². The Morgan fingerprint density at radius 3 is 1.62 bits per heavy atom. The third-order valence-electron chi connectivity index (χ3n) is 10.5. The van der Waals surface area contributed by atoms with Gasteiger partial charge >= 0.3 is 0 Å². The highest BCUT2D eigenvalue weighted by Crippen LogP contribution is 2.47. The summed E-state index contributed by atoms with van der Waals surface area (Å²) in [6, 6.07) is 49.1. The monoisotopic (exact) mass is 640 g/mol. The van der Waals surface area contributed by atoms with Gasteiger partial charge in [-0.15, -0.1) is 0 Å². The lowest BCUT2D eigenvalue weighted by molar-refractivity contribution is 0.618. The highest BCUT2D eigenvalue weighted by molar-refractivity contribution is 6.25. The zero-order valence-corrected chi connectivity index (χ0v) is 26.5. The van der Waals surface area contributed by atoms with Crippen LogP contribution in [0.2, 0.25) is 0 Å². The summed E-state index contributed by atoms with van der Waals surface area (Å²) in [4.78, 5) is 0. The molecule has 0 fully saturated rings. The fourth-order valence-electron chi connectivity index (χ4n) is 8.39. The molecule has 0 spiro atoms. The summed E-state index contributed by atoms with van der Waals surface area (Å²) >= 11 is 0. The van der Waals surface area contributed by atoms with Crippen molar-refractivity contribution in [2.75, 3.05) is 0 Å². The van der Waals surface area contributed by atoms with Gasteiger partial charge < -0.3 is 17.7 Å². The van der Waals surface area contributed by atoms with E-state index < -0.39 is 0 Å². The molecule has 0 amide bonds. The number of fused-ring (bicyclic) bond motifs is 14. The fraction of sp³-hybridized carbons (Fsp3) is 0. The molecule has 0 radical (unpaired) electrons. The van der Waals surface area contributed by atoms with E-state index in [-0.39, 0.29) is 0 Å². The average molecular weight is 641 g/mol. The van der Waals surface area contributed by atoms with Crippen LogP contribution in [0.5, 0.6) is 0 Å². The normalized spacial score (nSPS) is 12.4. The molecule has 0 saturated heterocycles. The molecule has 4 heteroatoms. The predicted octanol–water partition coefficient (Wildman–Crippen LogP) is 13.8. The maximum Gasteiger partial charge on any atom is 0.147 e. The maximum absolute atomic E-state index is 6.58. The molecule has 12 aromatic rings. The smallest absolute Gasteiger partial charge is 0.147 e. The Morgan fingerprint density at radius 1 is 0.320 bits per heavy atom. The molecule has 4 aromatic heterocycles. The summed E-state index contributed by atoms with van der Waals surface area (Å²) in [6.45, 7) is 0. The van der Waals surface area contributed by atoms with Gasteiger partial charge in [0, 0.05) is 26.9 Å². The summed E-state index contributed by atoms with van der Waals surface area (Å²) in [5.41, 5.74) is 10.6. The number of rotatable bonds is 2. The van der Waals surface area contributed by atoms with Crippen LogP contribution in [0, 0.1) is 0 Å². The van der Waals surface area contributed by atoms with Gasteiger partial charge in [0.05, 0.1) is 17.0 Å². The van der Waals surface area contributed by atoms with Crippen molar-refractivity contribution >= 4 is 98.3 Å². The van der Waals surface area contributed by atoms with Crippen molar-refractivity contribution in [3.8, 4) is 22.3 Å². The molecule has 0 bridgehead atoms. The van der Waals surface area contributed by atoms with Gasteiger partial charge in [0.2, 0.25) is 0 Å². The molecule has 0 aliphatic heterocycles. The van der Waals surface area contributed by atoms with Gasteiger partial charge in [0.1, 0.15) is 39.1 Å². The number of hydrogen-bond donors (Lipinski definition) is 0. The van der Waals surface area contributed by atoms with Crippen LogP contribution in [0.3, 0.4) is 0 Å². The van der Waals surface area contributed by atoms with Crippen molar-refractivity contribution in [2.45, 2.75) is 0 Å². The molecule has 232 valence electrons. The fourth-order valence-corrected chi connectivity index (χ4v) is 8.39. The van der Waals surface area contributed by atoms with Gasteiger partial charge in [-0.05, 0) is 104 Å². The van der Waals surface area contributed by atoms with E-state index >= 15 is 0 Å². The van der Waals surface area contributed by atoms with Crippen LogP contribution in [-0.2, 0) is 0 Å². The van der Waals surface area contributed by atoms with Crippen LogP contribution < -0.4 is 0 Å². The summed E-state index contributed by atoms with van der Waals surface area (Å²) in [6.07, 6.45) is 1.74. The molecule has 4 heterocycles. The molecule has 50 heavy (non-hydrogen) atoms. The molecule has 0 saturated carbocycles. The number of benzene rings is 8. The Kier molecular flexibility index (Phi) is 4.94. The summed E-state index contributed by atoms with van der Waals surface area (Å²) in [7, 11) is 0. The van der Waals surface area contributed by atoms with Crippen molar-refractivity contribution in [1.82, 2.24) is 0 Å². The minimum absolute atomic E-state index is 0.827. The minimum Gasteiger partial charge on any atom is -0.464 e. The molecule has 8 aromatic carbocycles. The lowest BCUT2D eigenvalue weighted by Crippen LogP contribution is -1.90. The van der Waals surface area contributed by atoms with E-state index in [1.165, 1.54) is 32.7 Å². The van der Waals surface area contributed by atoms with Gasteiger partial charge in [0.15, 0.2) is 0 Å². The zero-order valence-electron chi connectivity index (χ0n) is 26.5. The second-order valence-corrected chi connectivity index (χ2v) is 13.2. The first kappa shape index (κ1) is 26.2. The van der Waals surface area contributed by atoms with E-state index in [0.29, 0.717) is 0 Å². The van der Waals surface area contributed by atoms with Crippen molar-refractivity contribution in [1.29, 1.82) is 0 Å². The summed E-state index contributed by atoms with van der Waals surface area (Å²) in [5, 5.41) is 12.2. The van der Waals surface area contributed by atoms with Gasteiger partial charge in [-0.1, -0.05) is 78.9 Å². The lowest BCUT2D eigenvalue weighted by atomic mass is 9.85. The van der Waals surface area contributed by atoms with Gasteiger partial charge in [0.25, 0.3) is 0 Å². The first-order valence-corrected chi connectivity index (χ1v) is 16.8. The van der Waals surface area contributed by atoms with Crippen molar-refractivity contribution < 1.29 is 17.7 Å². The van der Waals surface area contributed by atoms with Crippen LogP contribution in [0.15, 0.2) is 163 Å². The number of furan rings is 4. The van der Waals surface area contributed by atoms with E-state index in [1.807, 2.05) is 36.4 Å². The van der Waals surface area contributed by atoms with E-state index in [4.69, 9.17) is 17.7 Å². The lowest BCUT2D eigenvalue weighted by Gasteiger charge is -2.17. The van der Waals surface area contributed by atoms with Crippen LogP contribution in [0.25, 0.3) is 121 Å². The van der Waals surface area contributed by atoms with E-state index in [2.05, 4.69) is 103 Å². The summed E-state index contributed by atoms with van der Waals surface area (Å²) < 4.78 is 25.1. The molecule has 0 aliphatic carbocycles. The Labute approximate surface area is 283 Å². The molecule has 12 rings (SSSR count). The highest BCUT2D eigenvalue weighted by Gasteiger charge is 2.21. The van der Waals surface area contributed by atoms with Crippen molar-refractivity contribution in [3.63, 3.8) is 0 Å². The Bertz CT molecular complexity index is 3330. The van der Waals surface area contributed by atoms with Gasteiger partial charge in [-0.2, -0.15) is 0 Å². The Balaban J connectivity index is 1.12. The molecular formula is C46H24O4. The third-order valence-corrected chi connectivity index (χ3v) is 10.5. The van der Waals surface area contributed by atoms with Crippen LogP contribution in [0.1, 0.15) is 0 Å². The quantitative estimate of drug-likeness (QED) is 0.176. The summed E-state index contributed by atoms with van der Waals surface area (Å²) in [5.74, 6) is 0. The third kappa shape index (κ3) is 3.39. The standard InChI is InChI=1S/C46H24O4/c1-3-9-30-28(7-1)41(26-15-18-37-35(23-26)32-17-20-39-44(46(32)50-37)33-11-5-6-12-36(33)48-39)29-8-2-4-10-31(29)42(30)27-13-16-34-40(24-27)49-38-19-14-25-21-22-47-45(25)43(34)38/h1-24H. The Hall–Kier alpha value is -6.78. The largest absolute Gasteiger partial charge is 0.464 e.